The van der Waals surface area contributed by atoms with Gasteiger partial charge in [0, 0.05) is 6.07 Å². The lowest BCUT2D eigenvalue weighted by Crippen LogP contribution is -2.47. The summed E-state index contributed by atoms with van der Waals surface area (Å²) in [5, 5.41) is 14.7. The summed E-state index contributed by atoms with van der Waals surface area (Å²) < 4.78 is 1.68. The number of rotatable bonds is 7. The fourth-order valence-corrected chi connectivity index (χ4v) is 3.41. The highest BCUT2D eigenvalue weighted by Gasteiger charge is 2.18. The first-order chi connectivity index (χ1) is 15.4. The Morgan fingerprint density at radius 3 is 2.66 bits per heavy atom. The zero-order valence-corrected chi connectivity index (χ0v) is 17.5. The summed E-state index contributed by atoms with van der Waals surface area (Å²) in [5.74, 6) is -0.253. The molecule has 0 bridgehead atoms. The van der Waals surface area contributed by atoms with Gasteiger partial charge in [-0.25, -0.2) is 4.57 Å². The first-order valence-electron chi connectivity index (χ1n) is 10.1. The molecule has 4 aromatic rings. The Balaban J connectivity index is 1.58. The Kier molecular flexibility index (Phi) is 5.91. The Hall–Kier alpha value is -4.11. The lowest BCUT2D eigenvalue weighted by Gasteiger charge is -2.15. The SMILES string of the molecule is C[C@@H](Nc1nc(N)nc(-c2ccc[n+](CC(N)C(=O)O)c2)n1)c1ccc2ccccc2c1. The number of nitrogens with two attached hydrogens (primary N) is 2. The molecule has 9 nitrogen and oxygen atoms in total. The highest BCUT2D eigenvalue weighted by atomic mass is 16.4. The minimum Gasteiger partial charge on any atom is -0.480 e. The molecule has 32 heavy (non-hydrogen) atoms. The zero-order valence-electron chi connectivity index (χ0n) is 17.5. The summed E-state index contributed by atoms with van der Waals surface area (Å²) in [6.45, 7) is 2.14. The van der Waals surface area contributed by atoms with Crippen LogP contribution in [-0.2, 0) is 11.3 Å². The van der Waals surface area contributed by atoms with Crippen molar-refractivity contribution in [3.63, 3.8) is 0 Å². The molecule has 1 unspecified atom stereocenters. The quantitative estimate of drug-likeness (QED) is 0.327. The second-order valence-corrected chi connectivity index (χ2v) is 7.55. The molecule has 162 valence electrons. The van der Waals surface area contributed by atoms with Crippen LogP contribution in [0.4, 0.5) is 11.9 Å². The van der Waals surface area contributed by atoms with Crippen molar-refractivity contribution < 1.29 is 14.5 Å². The highest BCUT2D eigenvalue weighted by molar-refractivity contribution is 5.83. The first kappa shape index (κ1) is 21.1. The zero-order chi connectivity index (χ0) is 22.7. The van der Waals surface area contributed by atoms with Gasteiger partial charge in [-0.3, -0.25) is 4.79 Å². The molecule has 2 atom stereocenters. The van der Waals surface area contributed by atoms with E-state index in [2.05, 4.69) is 50.6 Å². The molecule has 4 rings (SSSR count). The number of carboxylic acids is 1. The number of fused-ring (bicyclic) bond motifs is 1. The number of anilines is 2. The van der Waals surface area contributed by atoms with E-state index in [4.69, 9.17) is 16.6 Å². The van der Waals surface area contributed by atoms with Crippen molar-refractivity contribution in [2.24, 2.45) is 5.73 Å². The third-order valence-electron chi connectivity index (χ3n) is 5.11. The standard InChI is InChI=1S/C23H23N7O2/c1-14(16-9-8-15-5-2-3-6-17(15)11-16)26-23-28-20(27-22(25)29-23)18-7-4-10-30(12-18)13-19(24)21(31)32/h2-12,14,19H,13,24H2,1H3,(H3-,25,26,27,28,29,31,32)/p+1/t14-,19?/m1/s1. The average molecular weight is 430 g/mol. The molecule has 0 amide bonds. The number of nitrogens with zero attached hydrogens (tertiary/aromatic N) is 4. The normalized spacial score (nSPS) is 12.9. The van der Waals surface area contributed by atoms with E-state index in [0.29, 0.717) is 17.3 Å². The van der Waals surface area contributed by atoms with Crippen molar-refractivity contribution in [2.75, 3.05) is 11.1 Å². The van der Waals surface area contributed by atoms with Crippen LogP contribution in [0.2, 0.25) is 0 Å². The predicted octanol–water partition coefficient (Wildman–Crippen LogP) is 2.15. The van der Waals surface area contributed by atoms with Crippen LogP contribution in [0.3, 0.4) is 0 Å². The molecule has 0 aliphatic rings. The average Bonchev–Trinajstić information content (AvgIpc) is 2.78. The monoisotopic (exact) mass is 430 g/mol. The van der Waals surface area contributed by atoms with Gasteiger partial charge in [-0.2, -0.15) is 15.0 Å². The highest BCUT2D eigenvalue weighted by Crippen LogP contribution is 2.23. The number of carbonyl (C=O) groups is 1. The number of aromatic nitrogens is 4. The van der Waals surface area contributed by atoms with Crippen molar-refractivity contribution in [1.82, 2.24) is 15.0 Å². The largest absolute Gasteiger partial charge is 0.480 e. The van der Waals surface area contributed by atoms with Gasteiger partial charge in [-0.15, -0.1) is 0 Å². The number of carboxylic acid groups (broad SMARTS) is 1. The van der Waals surface area contributed by atoms with E-state index in [1.54, 1.807) is 23.0 Å². The van der Waals surface area contributed by atoms with Crippen LogP contribution in [0, 0.1) is 0 Å². The van der Waals surface area contributed by atoms with Crippen LogP contribution in [0.15, 0.2) is 67.0 Å². The van der Waals surface area contributed by atoms with Crippen LogP contribution >= 0.6 is 0 Å². The van der Waals surface area contributed by atoms with E-state index >= 15 is 0 Å². The molecule has 2 heterocycles. The molecule has 0 saturated carbocycles. The molecule has 0 aliphatic heterocycles. The summed E-state index contributed by atoms with van der Waals surface area (Å²) in [5.41, 5.74) is 13.3. The number of hydrogen-bond acceptors (Lipinski definition) is 7. The molecular weight excluding hydrogens is 406 g/mol. The maximum Gasteiger partial charge on any atom is 0.327 e. The molecule has 9 heteroatoms. The smallest absolute Gasteiger partial charge is 0.327 e. The molecule has 2 aromatic carbocycles. The lowest BCUT2D eigenvalue weighted by atomic mass is 10.0. The summed E-state index contributed by atoms with van der Waals surface area (Å²) in [7, 11) is 0. The van der Waals surface area contributed by atoms with Gasteiger partial charge in [0.05, 0.1) is 11.6 Å². The number of hydrogen-bond donors (Lipinski definition) is 4. The van der Waals surface area contributed by atoms with Crippen molar-refractivity contribution in [3.8, 4) is 11.4 Å². The third kappa shape index (κ3) is 4.79. The molecular formula is C23H24N7O2+. The van der Waals surface area contributed by atoms with Crippen molar-refractivity contribution in [2.45, 2.75) is 25.6 Å². The van der Waals surface area contributed by atoms with Crippen molar-refractivity contribution >= 4 is 28.6 Å². The van der Waals surface area contributed by atoms with E-state index in [0.717, 1.165) is 10.9 Å². The number of nitrogen functional groups attached to an aromatic ring is 1. The molecule has 6 N–H and O–H groups in total. The maximum atomic E-state index is 11.0. The summed E-state index contributed by atoms with van der Waals surface area (Å²) in [6.07, 6.45) is 3.46. The number of pyridine rings is 1. The topological polar surface area (TPSA) is 144 Å². The number of aliphatic carboxylic acids is 1. The second-order valence-electron chi connectivity index (χ2n) is 7.55. The van der Waals surface area contributed by atoms with Crippen LogP contribution in [0.25, 0.3) is 22.2 Å². The molecule has 0 spiro atoms. The Morgan fingerprint density at radius 2 is 1.88 bits per heavy atom. The van der Waals surface area contributed by atoms with E-state index < -0.39 is 12.0 Å². The maximum absolute atomic E-state index is 11.0. The predicted molar refractivity (Wildman–Crippen MR) is 121 cm³/mol. The molecule has 2 aromatic heterocycles. The fourth-order valence-electron chi connectivity index (χ4n) is 3.41. The van der Waals surface area contributed by atoms with Crippen LogP contribution < -0.4 is 21.4 Å². The lowest BCUT2D eigenvalue weighted by molar-refractivity contribution is -0.696. The van der Waals surface area contributed by atoms with Gasteiger partial charge in [0.2, 0.25) is 11.9 Å². The van der Waals surface area contributed by atoms with Crippen LogP contribution in [0.5, 0.6) is 0 Å². The van der Waals surface area contributed by atoms with E-state index in [-0.39, 0.29) is 18.5 Å². The van der Waals surface area contributed by atoms with E-state index in [9.17, 15) is 4.79 Å². The van der Waals surface area contributed by atoms with Gasteiger partial charge in [0.15, 0.2) is 30.8 Å². The Morgan fingerprint density at radius 1 is 1.09 bits per heavy atom. The number of nitrogens with one attached hydrogen (secondary N) is 1. The Bertz CT molecular complexity index is 1280. The molecule has 0 fully saturated rings. The van der Waals surface area contributed by atoms with Gasteiger partial charge in [-0.1, -0.05) is 36.4 Å². The van der Waals surface area contributed by atoms with Gasteiger partial charge in [0.1, 0.15) is 0 Å². The van der Waals surface area contributed by atoms with Gasteiger partial charge >= 0.3 is 5.97 Å². The molecule has 0 radical (unpaired) electrons. The second kappa shape index (κ2) is 8.94. The van der Waals surface area contributed by atoms with Gasteiger partial charge < -0.3 is 21.9 Å². The molecule has 0 aliphatic carbocycles. The molecule has 0 saturated heterocycles. The van der Waals surface area contributed by atoms with E-state index in [1.165, 1.54) is 5.39 Å². The summed E-state index contributed by atoms with van der Waals surface area (Å²) >= 11 is 0. The summed E-state index contributed by atoms with van der Waals surface area (Å²) in [6, 6.07) is 17.0. The first-order valence-corrected chi connectivity index (χ1v) is 10.1. The minimum absolute atomic E-state index is 0.0662. The van der Waals surface area contributed by atoms with Gasteiger partial charge in [-0.05, 0) is 35.4 Å². The van der Waals surface area contributed by atoms with E-state index in [1.807, 2.05) is 25.1 Å². The van der Waals surface area contributed by atoms with Crippen molar-refractivity contribution in [3.05, 3.63) is 72.6 Å². The fraction of sp³-hybridized carbons (Fsp3) is 0.174. The summed E-state index contributed by atoms with van der Waals surface area (Å²) in [4.78, 5) is 24.0. The van der Waals surface area contributed by atoms with Crippen LogP contribution in [0.1, 0.15) is 18.5 Å². The minimum atomic E-state index is -1.07. The van der Waals surface area contributed by atoms with Crippen molar-refractivity contribution in [1.29, 1.82) is 0 Å². The Labute approximate surface area is 184 Å². The third-order valence-corrected chi connectivity index (χ3v) is 5.11. The van der Waals surface area contributed by atoms with Gasteiger partial charge in [0.25, 0.3) is 0 Å². The number of benzene rings is 2. The van der Waals surface area contributed by atoms with Crippen LogP contribution in [-0.4, -0.2) is 32.1 Å².